The Hall–Kier alpha value is -1.68. The molecular formula is C13H15IO7. The van der Waals surface area contributed by atoms with Crippen LogP contribution in [0, 0.1) is 3.57 Å². The molecule has 0 bridgehead atoms. The molecule has 0 atom stereocenters. The first-order valence-corrected chi connectivity index (χ1v) is 12.5. The van der Waals surface area contributed by atoms with E-state index in [1.807, 2.05) is 0 Å². The number of aliphatic carboxylic acids is 3. The second-order valence-electron chi connectivity index (χ2n) is 4.80. The quantitative estimate of drug-likeness (QED) is 0.475. The van der Waals surface area contributed by atoms with Gasteiger partial charge in [0.1, 0.15) is 0 Å². The van der Waals surface area contributed by atoms with Crippen molar-refractivity contribution in [1.29, 1.82) is 0 Å². The molecule has 8 heteroatoms. The van der Waals surface area contributed by atoms with Crippen molar-refractivity contribution in [1.82, 2.24) is 0 Å². The van der Waals surface area contributed by atoms with Crippen molar-refractivity contribution >= 4 is 35.4 Å². The molecular weight excluding hydrogens is 395 g/mol. The molecule has 1 aliphatic heterocycles. The number of benzene rings is 1. The third-order valence-corrected chi connectivity index (χ3v) is 16.5. The molecule has 0 aromatic heterocycles. The van der Waals surface area contributed by atoms with E-state index in [4.69, 9.17) is 3.07 Å². The summed E-state index contributed by atoms with van der Waals surface area (Å²) in [4.78, 5) is 34.0. The molecule has 1 aromatic carbocycles. The Morgan fingerprint density at radius 2 is 1.43 bits per heavy atom. The standard InChI is InChI=1S/C13H15IO7/c15-11(16)5-14(6-12(17)18,7-13(19)20)10-4-2-1-3-9(10)8-21-14/h1-4H,5-8H2,(H,15,16)(H,17,18)(H,19,20). The van der Waals surface area contributed by atoms with E-state index in [2.05, 4.69) is 0 Å². The average Bonchev–Trinajstić information content (AvgIpc) is 2.63. The summed E-state index contributed by atoms with van der Waals surface area (Å²) in [6, 6.07) is 6.72. The van der Waals surface area contributed by atoms with Gasteiger partial charge in [-0.15, -0.1) is 0 Å². The predicted octanol–water partition coefficient (Wildman–Crippen LogP) is 1.13. The minimum absolute atomic E-state index is 0.0680. The Morgan fingerprint density at radius 3 is 1.90 bits per heavy atom. The van der Waals surface area contributed by atoms with Crippen LogP contribution in [0.15, 0.2) is 24.3 Å². The van der Waals surface area contributed by atoms with Gasteiger partial charge in [-0.25, -0.2) is 0 Å². The van der Waals surface area contributed by atoms with Crippen molar-refractivity contribution in [3.8, 4) is 0 Å². The van der Waals surface area contributed by atoms with E-state index >= 15 is 0 Å². The van der Waals surface area contributed by atoms with Gasteiger partial charge in [0.05, 0.1) is 0 Å². The van der Waals surface area contributed by atoms with E-state index in [9.17, 15) is 29.7 Å². The second kappa shape index (κ2) is 5.26. The Morgan fingerprint density at radius 1 is 0.952 bits per heavy atom. The van der Waals surface area contributed by atoms with Crippen molar-refractivity contribution in [2.45, 2.75) is 6.61 Å². The molecule has 21 heavy (non-hydrogen) atoms. The van der Waals surface area contributed by atoms with Gasteiger partial charge in [0.15, 0.2) is 0 Å². The predicted molar refractivity (Wildman–Crippen MR) is 81.5 cm³/mol. The fourth-order valence-corrected chi connectivity index (χ4v) is 14.6. The number of alkyl halides is 3. The molecule has 1 aliphatic rings. The van der Waals surface area contributed by atoms with E-state index < -0.39 is 48.7 Å². The van der Waals surface area contributed by atoms with Crippen LogP contribution in [0.5, 0.6) is 0 Å². The Balaban J connectivity index is 2.71. The average molecular weight is 410 g/mol. The topological polar surface area (TPSA) is 121 Å². The van der Waals surface area contributed by atoms with Gasteiger partial charge in [-0.2, -0.15) is 0 Å². The van der Waals surface area contributed by atoms with Gasteiger partial charge in [-0.05, 0) is 0 Å². The summed E-state index contributed by atoms with van der Waals surface area (Å²) >= 11 is -4.85. The molecule has 0 saturated carbocycles. The number of hydrogen-bond acceptors (Lipinski definition) is 4. The number of rotatable bonds is 6. The van der Waals surface area contributed by atoms with Crippen molar-refractivity contribution < 1.29 is 32.8 Å². The first-order chi connectivity index (χ1) is 9.77. The van der Waals surface area contributed by atoms with E-state index in [-0.39, 0.29) is 6.61 Å². The van der Waals surface area contributed by atoms with Crippen LogP contribution < -0.4 is 0 Å². The summed E-state index contributed by atoms with van der Waals surface area (Å²) in [5, 5.41) is 27.7. The van der Waals surface area contributed by atoms with Crippen LogP contribution >= 0.6 is 17.5 Å². The maximum absolute atomic E-state index is 11.3. The van der Waals surface area contributed by atoms with Crippen molar-refractivity contribution in [2.24, 2.45) is 0 Å². The fraction of sp³-hybridized carbons (Fsp3) is 0.308. The zero-order valence-corrected chi connectivity index (χ0v) is 13.1. The molecule has 1 heterocycles. The third-order valence-electron chi connectivity index (χ3n) is 3.24. The number of fused-ring (bicyclic) bond motifs is 1. The maximum atomic E-state index is 11.3. The van der Waals surface area contributed by atoms with Gasteiger partial charge < -0.3 is 0 Å². The van der Waals surface area contributed by atoms with Crippen molar-refractivity contribution in [3.05, 3.63) is 33.4 Å². The van der Waals surface area contributed by atoms with Crippen LogP contribution in [0.4, 0.5) is 0 Å². The summed E-state index contributed by atoms with van der Waals surface area (Å²) < 4.78 is 4.66. The van der Waals surface area contributed by atoms with Gasteiger partial charge >= 0.3 is 121 Å². The summed E-state index contributed by atoms with van der Waals surface area (Å²) in [7, 11) is 0. The van der Waals surface area contributed by atoms with Crippen molar-refractivity contribution in [2.75, 3.05) is 13.3 Å². The second-order valence-corrected chi connectivity index (χ2v) is 16.7. The van der Waals surface area contributed by atoms with Gasteiger partial charge in [0.2, 0.25) is 0 Å². The molecule has 116 valence electrons. The first kappa shape index (κ1) is 15.7. The molecule has 0 aliphatic carbocycles. The fourth-order valence-electron chi connectivity index (χ4n) is 2.61. The Bertz CT molecular complexity index is 581. The van der Waals surface area contributed by atoms with Crippen LogP contribution in [0.25, 0.3) is 0 Å². The molecule has 0 fully saturated rings. The van der Waals surface area contributed by atoms with Crippen LogP contribution in [-0.4, -0.2) is 46.5 Å². The number of carboxylic acid groups (broad SMARTS) is 3. The molecule has 2 rings (SSSR count). The first-order valence-electron chi connectivity index (χ1n) is 5.96. The molecule has 0 amide bonds. The molecule has 0 radical (unpaired) electrons. The van der Waals surface area contributed by atoms with E-state index in [1.165, 1.54) is 0 Å². The molecule has 0 spiro atoms. The van der Waals surface area contributed by atoms with Crippen LogP contribution in [-0.2, 0) is 24.1 Å². The number of carbonyl (C=O) groups is 3. The van der Waals surface area contributed by atoms with Crippen LogP contribution in [0.3, 0.4) is 0 Å². The monoisotopic (exact) mass is 410 g/mol. The SMILES string of the molecule is O=C(O)CI1(CC(=O)O)(CC(=O)O)OCc2ccccc21. The summed E-state index contributed by atoms with van der Waals surface area (Å²) in [6.07, 6.45) is 0. The van der Waals surface area contributed by atoms with Gasteiger partial charge in [0, 0.05) is 0 Å². The molecule has 0 unspecified atom stereocenters. The number of halogens is 1. The zero-order chi connectivity index (χ0) is 15.7. The third kappa shape index (κ3) is 2.72. The van der Waals surface area contributed by atoms with Crippen molar-refractivity contribution in [3.63, 3.8) is 0 Å². The summed E-state index contributed by atoms with van der Waals surface area (Å²) in [5.74, 6) is -3.70. The molecule has 7 nitrogen and oxygen atoms in total. The number of carboxylic acids is 3. The number of hydrogen-bond donors (Lipinski definition) is 3. The summed E-state index contributed by atoms with van der Waals surface area (Å²) in [6.45, 7) is 0.0680. The molecule has 0 saturated heterocycles. The van der Waals surface area contributed by atoms with E-state index in [1.54, 1.807) is 24.3 Å². The van der Waals surface area contributed by atoms with Crippen LogP contribution in [0.1, 0.15) is 5.56 Å². The minimum atomic E-state index is -4.85. The van der Waals surface area contributed by atoms with Crippen LogP contribution in [0.2, 0.25) is 0 Å². The van der Waals surface area contributed by atoms with Gasteiger partial charge in [-0.3, -0.25) is 0 Å². The normalized spacial score (nSPS) is 19.9. The van der Waals surface area contributed by atoms with E-state index in [0.717, 1.165) is 0 Å². The van der Waals surface area contributed by atoms with Gasteiger partial charge in [0.25, 0.3) is 0 Å². The Kier molecular flexibility index (Phi) is 3.93. The van der Waals surface area contributed by atoms with Gasteiger partial charge in [-0.1, -0.05) is 0 Å². The van der Waals surface area contributed by atoms with E-state index in [0.29, 0.717) is 9.13 Å². The zero-order valence-electron chi connectivity index (χ0n) is 11.0. The Labute approximate surface area is 121 Å². The molecule has 1 aromatic rings. The molecule has 3 N–H and O–H groups in total. The summed E-state index contributed by atoms with van der Waals surface area (Å²) in [5.41, 5.74) is 0.690.